The number of aryl methyl sites for hydroxylation is 1. The van der Waals surface area contributed by atoms with E-state index in [9.17, 15) is 4.79 Å². The summed E-state index contributed by atoms with van der Waals surface area (Å²) in [5.74, 6) is 0.427. The summed E-state index contributed by atoms with van der Waals surface area (Å²) in [6, 6.07) is 1.68. The highest BCUT2D eigenvalue weighted by Gasteiger charge is 2.29. The summed E-state index contributed by atoms with van der Waals surface area (Å²) < 4.78 is 7.71. The molecule has 0 aliphatic carbocycles. The number of aromatic nitrogens is 3. The molecule has 0 bridgehead atoms. The number of halogens is 1. The number of ether oxygens (including phenoxy) is 1. The average molecular weight is 364 g/mol. The molecule has 1 aliphatic rings. The standard InChI is InChI=1S/C17H22ClN5O2/c1-22(2)17(24)11-7-13(18)16(19-8-11)21-14-5-4-6-25-15(14)12-9-20-23(3)10-12/h7-10,14-15H,4-6H2,1-3H3,(H,19,21)/t14-,15+/m0/s1. The van der Waals surface area contributed by atoms with Crippen molar-refractivity contribution < 1.29 is 9.53 Å². The average Bonchev–Trinajstić information content (AvgIpc) is 3.02. The highest BCUT2D eigenvalue weighted by Crippen LogP contribution is 2.32. The highest BCUT2D eigenvalue weighted by molar-refractivity contribution is 6.33. The summed E-state index contributed by atoms with van der Waals surface area (Å²) in [5, 5.41) is 8.02. The number of hydrogen-bond acceptors (Lipinski definition) is 5. The summed E-state index contributed by atoms with van der Waals surface area (Å²) in [6.45, 7) is 0.717. The van der Waals surface area contributed by atoms with Crippen LogP contribution in [0.5, 0.6) is 0 Å². The minimum absolute atomic E-state index is 0.0401. The van der Waals surface area contributed by atoms with E-state index in [-0.39, 0.29) is 18.1 Å². The van der Waals surface area contributed by atoms with Gasteiger partial charge in [-0.2, -0.15) is 5.10 Å². The van der Waals surface area contributed by atoms with Crippen molar-refractivity contribution in [2.24, 2.45) is 7.05 Å². The summed E-state index contributed by atoms with van der Waals surface area (Å²) in [7, 11) is 5.27. The predicted molar refractivity (Wildman–Crippen MR) is 95.8 cm³/mol. The first-order valence-corrected chi connectivity index (χ1v) is 8.57. The molecular weight excluding hydrogens is 342 g/mol. The second-order valence-corrected chi connectivity index (χ2v) is 6.79. The SMILES string of the molecule is CN(C)C(=O)c1cnc(N[C@H]2CCCO[C@@H]2c2cnn(C)c2)c(Cl)c1. The van der Waals surface area contributed by atoms with E-state index < -0.39 is 0 Å². The van der Waals surface area contributed by atoms with E-state index in [2.05, 4.69) is 15.4 Å². The van der Waals surface area contributed by atoms with Crippen molar-refractivity contribution in [2.45, 2.75) is 25.0 Å². The van der Waals surface area contributed by atoms with Gasteiger partial charge in [-0.05, 0) is 18.9 Å². The molecule has 3 heterocycles. The van der Waals surface area contributed by atoms with Crippen LogP contribution >= 0.6 is 11.6 Å². The molecular formula is C17H22ClN5O2. The van der Waals surface area contributed by atoms with E-state index in [1.165, 1.54) is 4.90 Å². The Bertz CT molecular complexity index is 761. The van der Waals surface area contributed by atoms with Crippen LogP contribution in [-0.4, -0.2) is 52.3 Å². The second-order valence-electron chi connectivity index (χ2n) is 6.39. The number of amides is 1. The van der Waals surface area contributed by atoms with E-state index in [0.717, 1.165) is 25.0 Å². The maximum absolute atomic E-state index is 12.0. The third-order valence-corrected chi connectivity index (χ3v) is 4.48. The highest BCUT2D eigenvalue weighted by atomic mass is 35.5. The zero-order chi connectivity index (χ0) is 18.0. The Labute approximate surface area is 151 Å². The molecule has 2 aromatic heterocycles. The predicted octanol–water partition coefficient (Wildman–Crippen LogP) is 2.50. The largest absolute Gasteiger partial charge is 0.371 e. The Balaban J connectivity index is 1.79. The zero-order valence-corrected chi connectivity index (χ0v) is 15.3. The third-order valence-electron chi connectivity index (χ3n) is 4.19. The van der Waals surface area contributed by atoms with Crippen LogP contribution in [0.2, 0.25) is 5.02 Å². The fourth-order valence-corrected chi connectivity index (χ4v) is 3.16. The van der Waals surface area contributed by atoms with Gasteiger partial charge in [0, 0.05) is 45.7 Å². The van der Waals surface area contributed by atoms with Crippen LogP contribution < -0.4 is 5.32 Å². The van der Waals surface area contributed by atoms with Crippen LogP contribution in [0.4, 0.5) is 5.82 Å². The number of carbonyl (C=O) groups is 1. The summed E-state index contributed by atoms with van der Waals surface area (Å²) in [4.78, 5) is 17.9. The molecule has 2 aromatic rings. The molecule has 2 atom stereocenters. The fraction of sp³-hybridized carbons (Fsp3) is 0.471. The van der Waals surface area contributed by atoms with Gasteiger partial charge in [0.1, 0.15) is 11.9 Å². The smallest absolute Gasteiger partial charge is 0.254 e. The topological polar surface area (TPSA) is 72.3 Å². The van der Waals surface area contributed by atoms with Crippen molar-refractivity contribution >= 4 is 23.3 Å². The second kappa shape index (κ2) is 7.41. The lowest BCUT2D eigenvalue weighted by Gasteiger charge is -2.32. The van der Waals surface area contributed by atoms with Crippen molar-refractivity contribution in [2.75, 3.05) is 26.0 Å². The molecule has 7 nitrogen and oxygen atoms in total. The first-order chi connectivity index (χ1) is 12.0. The van der Waals surface area contributed by atoms with Crippen LogP contribution in [0.1, 0.15) is 34.9 Å². The van der Waals surface area contributed by atoms with Gasteiger partial charge in [-0.3, -0.25) is 9.48 Å². The van der Waals surface area contributed by atoms with Crippen molar-refractivity contribution in [3.05, 3.63) is 40.8 Å². The third kappa shape index (κ3) is 3.93. The molecule has 1 aliphatic heterocycles. The fourth-order valence-electron chi connectivity index (χ4n) is 2.94. The van der Waals surface area contributed by atoms with Gasteiger partial charge >= 0.3 is 0 Å². The van der Waals surface area contributed by atoms with Gasteiger partial charge in [-0.1, -0.05) is 11.6 Å². The van der Waals surface area contributed by atoms with Gasteiger partial charge in [0.25, 0.3) is 5.91 Å². The minimum atomic E-state index is -0.129. The number of pyridine rings is 1. The van der Waals surface area contributed by atoms with Crippen LogP contribution in [-0.2, 0) is 11.8 Å². The molecule has 25 heavy (non-hydrogen) atoms. The molecule has 0 unspecified atom stereocenters. The lowest BCUT2D eigenvalue weighted by atomic mass is 9.98. The maximum Gasteiger partial charge on any atom is 0.254 e. The first-order valence-electron chi connectivity index (χ1n) is 8.19. The Hall–Kier alpha value is -2.12. The minimum Gasteiger partial charge on any atom is -0.371 e. The zero-order valence-electron chi connectivity index (χ0n) is 14.6. The first kappa shape index (κ1) is 17.7. The number of anilines is 1. The van der Waals surface area contributed by atoms with Gasteiger partial charge in [-0.15, -0.1) is 0 Å². The number of hydrogen-bond donors (Lipinski definition) is 1. The van der Waals surface area contributed by atoms with Gasteiger partial charge in [0.2, 0.25) is 0 Å². The summed E-state index contributed by atoms with van der Waals surface area (Å²) >= 11 is 6.34. The molecule has 0 radical (unpaired) electrons. The number of rotatable bonds is 4. The van der Waals surface area contributed by atoms with Crippen LogP contribution in [0.3, 0.4) is 0 Å². The molecule has 8 heteroatoms. The van der Waals surface area contributed by atoms with Crippen molar-refractivity contribution in [3.8, 4) is 0 Å². The van der Waals surface area contributed by atoms with Crippen LogP contribution in [0, 0.1) is 0 Å². The molecule has 1 fully saturated rings. The molecule has 3 rings (SSSR count). The van der Waals surface area contributed by atoms with E-state index in [4.69, 9.17) is 16.3 Å². The van der Waals surface area contributed by atoms with Crippen LogP contribution in [0.15, 0.2) is 24.7 Å². The van der Waals surface area contributed by atoms with Gasteiger partial charge in [0.05, 0.1) is 22.8 Å². The Morgan fingerprint density at radius 2 is 2.24 bits per heavy atom. The number of nitrogens with one attached hydrogen (secondary N) is 1. The lowest BCUT2D eigenvalue weighted by molar-refractivity contribution is 0.00552. The van der Waals surface area contributed by atoms with Crippen molar-refractivity contribution in [1.29, 1.82) is 0 Å². The van der Waals surface area contributed by atoms with Crippen molar-refractivity contribution in [1.82, 2.24) is 19.7 Å². The number of nitrogens with zero attached hydrogens (tertiary/aromatic N) is 4. The van der Waals surface area contributed by atoms with Gasteiger partial charge in [0.15, 0.2) is 0 Å². The van der Waals surface area contributed by atoms with Crippen LogP contribution in [0.25, 0.3) is 0 Å². The van der Waals surface area contributed by atoms with E-state index >= 15 is 0 Å². The molecule has 0 aromatic carbocycles. The lowest BCUT2D eigenvalue weighted by Crippen LogP contribution is -2.34. The molecule has 1 N–H and O–H groups in total. The van der Waals surface area contributed by atoms with E-state index in [1.54, 1.807) is 31.0 Å². The molecule has 0 saturated carbocycles. The van der Waals surface area contributed by atoms with E-state index in [1.807, 2.05) is 19.4 Å². The summed E-state index contributed by atoms with van der Waals surface area (Å²) in [6.07, 6.45) is 7.11. The Morgan fingerprint density at radius 3 is 2.88 bits per heavy atom. The Kier molecular flexibility index (Phi) is 5.24. The molecule has 1 saturated heterocycles. The van der Waals surface area contributed by atoms with Gasteiger partial charge < -0.3 is 15.0 Å². The molecule has 1 amide bonds. The maximum atomic E-state index is 12.0. The molecule has 134 valence electrons. The summed E-state index contributed by atoms with van der Waals surface area (Å²) in [5.41, 5.74) is 1.49. The van der Waals surface area contributed by atoms with Crippen molar-refractivity contribution in [3.63, 3.8) is 0 Å². The number of carbonyl (C=O) groups excluding carboxylic acids is 1. The molecule has 0 spiro atoms. The monoisotopic (exact) mass is 363 g/mol. The van der Waals surface area contributed by atoms with E-state index in [0.29, 0.717) is 16.4 Å². The normalized spacial score (nSPS) is 20.3. The Morgan fingerprint density at radius 1 is 1.44 bits per heavy atom. The quantitative estimate of drug-likeness (QED) is 0.903. The van der Waals surface area contributed by atoms with Gasteiger partial charge in [-0.25, -0.2) is 4.98 Å².